The van der Waals surface area contributed by atoms with Gasteiger partial charge in [-0.25, -0.2) is 0 Å². The lowest BCUT2D eigenvalue weighted by Gasteiger charge is -2.46. The Morgan fingerprint density at radius 2 is 1.81 bits per heavy atom. The maximum Gasteiger partial charge on any atom is 0.324 e. The summed E-state index contributed by atoms with van der Waals surface area (Å²) in [4.78, 5) is 37.0. The van der Waals surface area contributed by atoms with E-state index in [-0.39, 0.29) is 37.3 Å². The van der Waals surface area contributed by atoms with Gasteiger partial charge in [0.25, 0.3) is 0 Å². The largest absolute Gasteiger partial charge is 0.465 e. The Hall–Kier alpha value is -1.65. The molecule has 0 radical (unpaired) electrons. The quantitative estimate of drug-likeness (QED) is 0.451. The van der Waals surface area contributed by atoms with Crippen LogP contribution in [0.3, 0.4) is 0 Å². The van der Waals surface area contributed by atoms with Crippen LogP contribution in [0.2, 0.25) is 0 Å². The van der Waals surface area contributed by atoms with Crippen LogP contribution in [0.5, 0.6) is 0 Å². The Labute approximate surface area is 124 Å². The number of hydrogen-bond acceptors (Lipinski definition) is 5. The Balaban J connectivity index is 2.40. The van der Waals surface area contributed by atoms with Crippen molar-refractivity contribution in [1.82, 2.24) is 0 Å². The highest BCUT2D eigenvalue weighted by Gasteiger charge is 2.60. The third-order valence-corrected chi connectivity index (χ3v) is 4.62. The minimum atomic E-state index is -1.32. The molecule has 0 heterocycles. The topological polar surface area (TPSA) is 69.7 Å². The van der Waals surface area contributed by atoms with Crippen LogP contribution in [0.25, 0.3) is 0 Å². The Morgan fingerprint density at radius 1 is 1.24 bits per heavy atom. The summed E-state index contributed by atoms with van der Waals surface area (Å²) in [6, 6.07) is 0. The van der Waals surface area contributed by atoms with Crippen molar-refractivity contribution < 1.29 is 23.9 Å². The number of ether oxygens (including phenoxy) is 2. The van der Waals surface area contributed by atoms with E-state index < -0.39 is 17.4 Å². The fraction of sp³-hybridized carbons (Fsp3) is 0.688. The molecule has 2 aliphatic carbocycles. The van der Waals surface area contributed by atoms with Crippen molar-refractivity contribution in [2.24, 2.45) is 17.3 Å². The lowest BCUT2D eigenvalue weighted by atomic mass is 9.56. The summed E-state index contributed by atoms with van der Waals surface area (Å²) >= 11 is 0. The van der Waals surface area contributed by atoms with Crippen molar-refractivity contribution in [3.8, 4) is 0 Å². The second-order valence-electron chi connectivity index (χ2n) is 5.74. The molecule has 0 aromatic carbocycles. The van der Waals surface area contributed by atoms with Crippen LogP contribution in [-0.2, 0) is 23.9 Å². The van der Waals surface area contributed by atoms with Gasteiger partial charge in [0.1, 0.15) is 5.78 Å². The second-order valence-corrected chi connectivity index (χ2v) is 5.74. The Kier molecular flexibility index (Phi) is 4.49. The summed E-state index contributed by atoms with van der Waals surface area (Å²) in [6.45, 7) is 7.77. The average molecular weight is 294 g/mol. The summed E-state index contributed by atoms with van der Waals surface area (Å²) in [7, 11) is 0. The predicted molar refractivity (Wildman–Crippen MR) is 75.3 cm³/mol. The number of fused-ring (bicyclic) bond motifs is 2. The molecule has 0 aliphatic heterocycles. The molecule has 21 heavy (non-hydrogen) atoms. The first kappa shape index (κ1) is 15.7. The fourth-order valence-electron chi connectivity index (χ4n) is 3.57. The highest BCUT2D eigenvalue weighted by Crippen LogP contribution is 2.52. The van der Waals surface area contributed by atoms with Crippen LogP contribution in [0, 0.1) is 17.3 Å². The van der Waals surface area contributed by atoms with E-state index in [1.54, 1.807) is 13.8 Å². The zero-order chi connectivity index (χ0) is 15.6. The van der Waals surface area contributed by atoms with Gasteiger partial charge < -0.3 is 9.47 Å². The summed E-state index contributed by atoms with van der Waals surface area (Å²) in [5.41, 5.74) is -0.669. The molecule has 5 heteroatoms. The van der Waals surface area contributed by atoms with Crippen molar-refractivity contribution in [1.29, 1.82) is 0 Å². The van der Waals surface area contributed by atoms with Gasteiger partial charge in [-0.1, -0.05) is 12.2 Å². The van der Waals surface area contributed by atoms with Crippen molar-refractivity contribution in [3.05, 3.63) is 12.2 Å². The zero-order valence-electron chi connectivity index (χ0n) is 12.6. The van der Waals surface area contributed by atoms with Gasteiger partial charge in [-0.3, -0.25) is 14.4 Å². The number of esters is 2. The van der Waals surface area contributed by atoms with Gasteiger partial charge in [0.15, 0.2) is 5.41 Å². The molecular weight excluding hydrogens is 272 g/mol. The van der Waals surface area contributed by atoms with E-state index in [9.17, 15) is 14.4 Å². The van der Waals surface area contributed by atoms with E-state index in [1.165, 1.54) is 0 Å². The summed E-state index contributed by atoms with van der Waals surface area (Å²) in [5.74, 6) is -1.34. The molecule has 0 aromatic heterocycles. The van der Waals surface area contributed by atoms with Gasteiger partial charge in [-0.15, -0.1) is 0 Å². The standard InChI is InChI=1S/C16H22O5/c1-4-20-14(18)16(15(19)21-5-2)9-10(3)12-8-11(16)6-7-13(12)17/h11-12H,3-9H2,1-2H3. The third kappa shape index (κ3) is 2.49. The summed E-state index contributed by atoms with van der Waals surface area (Å²) in [6.07, 6.45) is 1.57. The molecule has 2 aliphatic rings. The molecule has 2 unspecified atom stereocenters. The highest BCUT2D eigenvalue weighted by atomic mass is 16.6. The average Bonchev–Trinajstić information content (AvgIpc) is 2.45. The lowest BCUT2D eigenvalue weighted by molar-refractivity contribution is -0.181. The Bertz CT molecular complexity index is 461. The molecule has 0 saturated heterocycles. The maximum absolute atomic E-state index is 12.5. The summed E-state index contributed by atoms with van der Waals surface area (Å²) < 4.78 is 10.3. The zero-order valence-corrected chi connectivity index (χ0v) is 12.6. The van der Waals surface area contributed by atoms with E-state index in [4.69, 9.17) is 9.47 Å². The predicted octanol–water partition coefficient (Wildman–Crippen LogP) is 2.04. The van der Waals surface area contributed by atoms with Crippen molar-refractivity contribution in [3.63, 3.8) is 0 Å². The molecule has 0 N–H and O–H groups in total. The van der Waals surface area contributed by atoms with Crippen LogP contribution in [0.15, 0.2) is 12.2 Å². The minimum absolute atomic E-state index is 0.158. The number of carbonyl (C=O) groups is 3. The smallest absolute Gasteiger partial charge is 0.324 e. The molecule has 0 spiro atoms. The number of hydrogen-bond donors (Lipinski definition) is 0. The van der Waals surface area contributed by atoms with E-state index in [0.29, 0.717) is 24.8 Å². The van der Waals surface area contributed by atoms with Gasteiger partial charge in [-0.05, 0) is 39.0 Å². The van der Waals surface area contributed by atoms with Gasteiger partial charge in [-0.2, -0.15) is 0 Å². The number of allylic oxidation sites excluding steroid dienone is 1. The molecule has 2 fully saturated rings. The number of Topliss-reactive ketones (excluding diaryl/α,β-unsaturated/α-hetero) is 1. The molecule has 2 rings (SSSR count). The van der Waals surface area contributed by atoms with Crippen LogP contribution < -0.4 is 0 Å². The first-order chi connectivity index (χ1) is 9.97. The minimum Gasteiger partial charge on any atom is -0.465 e. The van der Waals surface area contributed by atoms with Gasteiger partial charge >= 0.3 is 11.9 Å². The number of carbonyl (C=O) groups excluding carboxylic acids is 3. The van der Waals surface area contributed by atoms with Crippen LogP contribution in [-0.4, -0.2) is 30.9 Å². The second kappa shape index (κ2) is 6.00. The van der Waals surface area contributed by atoms with Crippen molar-refractivity contribution in [2.75, 3.05) is 13.2 Å². The summed E-state index contributed by atoms with van der Waals surface area (Å²) in [5, 5.41) is 0. The molecule has 2 saturated carbocycles. The van der Waals surface area contributed by atoms with Gasteiger partial charge in [0.05, 0.1) is 13.2 Å². The normalized spacial score (nSPS) is 27.1. The van der Waals surface area contributed by atoms with Gasteiger partial charge in [0.2, 0.25) is 0 Å². The van der Waals surface area contributed by atoms with Crippen LogP contribution >= 0.6 is 0 Å². The van der Waals surface area contributed by atoms with Crippen LogP contribution in [0.4, 0.5) is 0 Å². The Morgan fingerprint density at radius 3 is 2.33 bits per heavy atom. The number of rotatable bonds is 4. The first-order valence-electron chi connectivity index (χ1n) is 7.52. The molecule has 2 atom stereocenters. The van der Waals surface area contributed by atoms with Crippen LogP contribution in [0.1, 0.15) is 39.5 Å². The monoisotopic (exact) mass is 294 g/mol. The molecule has 2 bridgehead atoms. The third-order valence-electron chi connectivity index (χ3n) is 4.62. The molecule has 5 nitrogen and oxygen atoms in total. The number of ketones is 1. The highest BCUT2D eigenvalue weighted by molar-refractivity contribution is 6.02. The van der Waals surface area contributed by atoms with E-state index in [0.717, 1.165) is 0 Å². The SMILES string of the molecule is C=C1CC(C(=O)OCC)(C(=O)OCC)C2CCC(=O)C1C2. The van der Waals surface area contributed by atoms with Crippen molar-refractivity contribution >= 4 is 17.7 Å². The van der Waals surface area contributed by atoms with E-state index in [1.807, 2.05) is 0 Å². The van der Waals surface area contributed by atoms with E-state index in [2.05, 4.69) is 6.58 Å². The molecule has 116 valence electrons. The van der Waals surface area contributed by atoms with Gasteiger partial charge in [0, 0.05) is 12.3 Å². The lowest BCUT2D eigenvalue weighted by Crippen LogP contribution is -2.54. The fourth-order valence-corrected chi connectivity index (χ4v) is 3.57. The molecular formula is C16H22O5. The molecule has 0 amide bonds. The maximum atomic E-state index is 12.5. The van der Waals surface area contributed by atoms with E-state index >= 15 is 0 Å². The molecule has 0 aromatic rings. The van der Waals surface area contributed by atoms with Crippen molar-refractivity contribution in [2.45, 2.75) is 39.5 Å². The first-order valence-corrected chi connectivity index (χ1v) is 7.52.